The summed E-state index contributed by atoms with van der Waals surface area (Å²) < 4.78 is 54.6. The third-order valence-electron chi connectivity index (χ3n) is 2.11. The topological polar surface area (TPSA) is 52.3 Å². The Labute approximate surface area is 94.2 Å². The molecule has 0 saturated heterocycles. The van der Waals surface area contributed by atoms with Crippen molar-refractivity contribution in [3.05, 3.63) is 35.1 Å². The average Bonchev–Trinajstić information content (AvgIpc) is 2.26. The first-order valence-corrected chi connectivity index (χ1v) is 4.47. The fraction of sp³-hybridized carbons (Fsp3) is 0.300. The van der Waals surface area contributed by atoms with E-state index in [0.717, 1.165) is 7.11 Å². The lowest BCUT2D eigenvalue weighted by molar-refractivity contribution is -0.143. The smallest absolute Gasteiger partial charge is 0.416 e. The number of methoxy groups -OCH3 is 1. The van der Waals surface area contributed by atoms with Crippen molar-refractivity contribution in [2.45, 2.75) is 12.2 Å². The lowest BCUT2D eigenvalue weighted by Crippen LogP contribution is -2.24. The minimum atomic E-state index is -4.63. The molecule has 0 aliphatic heterocycles. The van der Waals surface area contributed by atoms with Crippen molar-refractivity contribution in [3.63, 3.8) is 0 Å². The van der Waals surface area contributed by atoms with Crippen molar-refractivity contribution >= 4 is 5.97 Å². The number of benzene rings is 1. The Morgan fingerprint density at radius 3 is 2.47 bits per heavy atom. The molecule has 0 aromatic heterocycles. The SMILES string of the molecule is COC(=O)C(N)c1cc(C(F)(F)F)ccc1F. The van der Waals surface area contributed by atoms with Gasteiger partial charge < -0.3 is 10.5 Å². The monoisotopic (exact) mass is 251 g/mol. The number of hydrogen-bond acceptors (Lipinski definition) is 3. The van der Waals surface area contributed by atoms with Gasteiger partial charge in [-0.3, -0.25) is 4.79 Å². The first-order chi connectivity index (χ1) is 7.77. The van der Waals surface area contributed by atoms with Gasteiger partial charge in [0.1, 0.15) is 11.9 Å². The zero-order chi connectivity index (χ0) is 13.2. The predicted molar refractivity (Wildman–Crippen MR) is 50.3 cm³/mol. The number of alkyl halides is 3. The van der Waals surface area contributed by atoms with Gasteiger partial charge in [0.25, 0.3) is 0 Å². The highest BCUT2D eigenvalue weighted by atomic mass is 19.4. The molecule has 1 unspecified atom stereocenters. The van der Waals surface area contributed by atoms with Crippen LogP contribution in [0.4, 0.5) is 17.6 Å². The quantitative estimate of drug-likeness (QED) is 0.646. The van der Waals surface area contributed by atoms with Crippen LogP contribution >= 0.6 is 0 Å². The number of esters is 1. The highest BCUT2D eigenvalue weighted by molar-refractivity contribution is 5.77. The van der Waals surface area contributed by atoms with Gasteiger partial charge in [0.05, 0.1) is 12.7 Å². The Kier molecular flexibility index (Phi) is 3.72. The highest BCUT2D eigenvalue weighted by Gasteiger charge is 2.32. The number of rotatable bonds is 2. The fourth-order valence-electron chi connectivity index (χ4n) is 1.21. The molecule has 0 amide bonds. The summed E-state index contributed by atoms with van der Waals surface area (Å²) in [7, 11) is 1.01. The Morgan fingerprint density at radius 1 is 1.41 bits per heavy atom. The molecular formula is C10H9F4NO2. The van der Waals surface area contributed by atoms with Gasteiger partial charge in [-0.25, -0.2) is 4.39 Å². The summed E-state index contributed by atoms with van der Waals surface area (Å²) in [4.78, 5) is 11.0. The largest absolute Gasteiger partial charge is 0.468 e. The second kappa shape index (κ2) is 4.70. The van der Waals surface area contributed by atoms with Crippen molar-refractivity contribution in [2.75, 3.05) is 7.11 Å². The van der Waals surface area contributed by atoms with Crippen molar-refractivity contribution in [1.29, 1.82) is 0 Å². The molecule has 1 aromatic carbocycles. The summed E-state index contributed by atoms with van der Waals surface area (Å²) in [6, 6.07) is 0.100. The van der Waals surface area contributed by atoms with Crippen LogP contribution in [-0.4, -0.2) is 13.1 Å². The van der Waals surface area contributed by atoms with Crippen LogP contribution in [0.25, 0.3) is 0 Å². The number of ether oxygens (including phenoxy) is 1. The summed E-state index contributed by atoms with van der Waals surface area (Å²) >= 11 is 0. The van der Waals surface area contributed by atoms with Gasteiger partial charge in [0, 0.05) is 5.56 Å². The van der Waals surface area contributed by atoms with E-state index >= 15 is 0 Å². The molecule has 1 atom stereocenters. The number of carbonyl (C=O) groups excluding carboxylic acids is 1. The maximum absolute atomic E-state index is 13.2. The Balaban J connectivity index is 3.20. The summed E-state index contributed by atoms with van der Waals surface area (Å²) in [5.74, 6) is -2.00. The van der Waals surface area contributed by atoms with E-state index in [4.69, 9.17) is 5.73 Å². The maximum Gasteiger partial charge on any atom is 0.416 e. The van der Waals surface area contributed by atoms with Crippen molar-refractivity contribution in [3.8, 4) is 0 Å². The molecule has 2 N–H and O–H groups in total. The van der Waals surface area contributed by atoms with Gasteiger partial charge in [-0.2, -0.15) is 13.2 Å². The molecule has 1 aromatic rings. The van der Waals surface area contributed by atoms with Gasteiger partial charge in [0.15, 0.2) is 0 Å². The zero-order valence-electron chi connectivity index (χ0n) is 8.72. The molecule has 17 heavy (non-hydrogen) atoms. The number of hydrogen-bond donors (Lipinski definition) is 1. The van der Waals surface area contributed by atoms with E-state index in [0.29, 0.717) is 18.2 Å². The molecule has 0 radical (unpaired) electrons. The van der Waals surface area contributed by atoms with Crippen LogP contribution in [0.1, 0.15) is 17.2 Å². The lowest BCUT2D eigenvalue weighted by atomic mass is 10.0. The van der Waals surface area contributed by atoms with Crippen LogP contribution in [0.2, 0.25) is 0 Å². The van der Waals surface area contributed by atoms with Crippen molar-refractivity contribution in [1.82, 2.24) is 0 Å². The van der Waals surface area contributed by atoms with Crippen LogP contribution < -0.4 is 5.73 Å². The van der Waals surface area contributed by atoms with E-state index in [2.05, 4.69) is 4.74 Å². The summed E-state index contributed by atoms with van der Waals surface area (Å²) in [6.07, 6.45) is -4.63. The number of nitrogens with two attached hydrogens (primary N) is 1. The molecule has 0 aliphatic rings. The third-order valence-corrected chi connectivity index (χ3v) is 2.11. The van der Waals surface area contributed by atoms with Crippen molar-refractivity contribution < 1.29 is 27.1 Å². The van der Waals surface area contributed by atoms with Crippen LogP contribution in [0.3, 0.4) is 0 Å². The van der Waals surface area contributed by atoms with E-state index in [9.17, 15) is 22.4 Å². The molecule has 0 aliphatic carbocycles. The molecule has 0 saturated carbocycles. The first kappa shape index (κ1) is 13.4. The minimum Gasteiger partial charge on any atom is -0.468 e. The Hall–Kier alpha value is -1.63. The van der Waals surface area contributed by atoms with Gasteiger partial charge in [0.2, 0.25) is 0 Å². The highest BCUT2D eigenvalue weighted by Crippen LogP contribution is 2.31. The standard InChI is InChI=1S/C10H9F4NO2/c1-17-9(16)8(15)6-4-5(10(12,13)14)2-3-7(6)11/h2-4,8H,15H2,1H3. The van der Waals surface area contributed by atoms with Gasteiger partial charge in [-0.1, -0.05) is 0 Å². The number of halogens is 4. The second-order valence-electron chi connectivity index (χ2n) is 3.23. The summed E-state index contributed by atoms with van der Waals surface area (Å²) in [6.45, 7) is 0. The van der Waals surface area contributed by atoms with Crippen molar-refractivity contribution in [2.24, 2.45) is 5.73 Å². The van der Waals surface area contributed by atoms with Crippen LogP contribution in [0.5, 0.6) is 0 Å². The third kappa shape index (κ3) is 2.94. The average molecular weight is 251 g/mol. The molecule has 3 nitrogen and oxygen atoms in total. The van der Waals surface area contributed by atoms with Gasteiger partial charge in [-0.15, -0.1) is 0 Å². The molecule has 0 heterocycles. The minimum absolute atomic E-state index is 0.497. The molecule has 0 bridgehead atoms. The van der Waals surface area contributed by atoms with Gasteiger partial charge in [-0.05, 0) is 18.2 Å². The molecule has 7 heteroatoms. The van der Waals surface area contributed by atoms with E-state index in [1.807, 2.05) is 0 Å². The zero-order valence-corrected chi connectivity index (χ0v) is 8.72. The molecular weight excluding hydrogens is 242 g/mol. The maximum atomic E-state index is 13.2. The van der Waals surface area contributed by atoms with E-state index < -0.39 is 35.1 Å². The molecule has 0 spiro atoms. The van der Waals surface area contributed by atoms with Crippen LogP contribution in [-0.2, 0) is 15.7 Å². The summed E-state index contributed by atoms with van der Waals surface area (Å²) in [5.41, 5.74) is 3.66. The van der Waals surface area contributed by atoms with E-state index in [1.54, 1.807) is 0 Å². The second-order valence-corrected chi connectivity index (χ2v) is 3.23. The van der Waals surface area contributed by atoms with Gasteiger partial charge >= 0.3 is 12.1 Å². The van der Waals surface area contributed by atoms with Crippen LogP contribution in [0.15, 0.2) is 18.2 Å². The van der Waals surface area contributed by atoms with Crippen LogP contribution in [0, 0.1) is 5.82 Å². The lowest BCUT2D eigenvalue weighted by Gasteiger charge is -2.13. The summed E-state index contributed by atoms with van der Waals surface area (Å²) in [5, 5.41) is 0. The van der Waals surface area contributed by atoms with E-state index in [1.165, 1.54) is 0 Å². The first-order valence-electron chi connectivity index (χ1n) is 4.47. The predicted octanol–water partition coefficient (Wildman–Crippen LogP) is 2.02. The van der Waals surface area contributed by atoms with E-state index in [-0.39, 0.29) is 0 Å². The molecule has 94 valence electrons. The Bertz CT molecular complexity index is 431. The normalized spacial score (nSPS) is 13.3. The molecule has 0 fully saturated rings. The Morgan fingerprint density at radius 2 is 2.00 bits per heavy atom. The number of carbonyl (C=O) groups is 1. The molecule has 1 rings (SSSR count). The fourth-order valence-corrected chi connectivity index (χ4v) is 1.21.